The van der Waals surface area contributed by atoms with Crippen LogP contribution >= 0.6 is 0 Å². The summed E-state index contributed by atoms with van der Waals surface area (Å²) in [5, 5.41) is 6.56. The number of alkyl halides is 2. The summed E-state index contributed by atoms with van der Waals surface area (Å²) in [4.78, 5) is 24.5. The standard InChI is InChI=1S/C20H15F2N3O6/c1-28-16-10-25(13-5-3-2-4-6-13)24-18(16)19(27)29-11-17(26)23-12-7-8-14-15(9-12)31-20(21,22)30-14/h2-10H,11H2,1H3,(H,23,26). The van der Waals surface area contributed by atoms with Crippen LogP contribution in [0.1, 0.15) is 10.5 Å². The number of esters is 1. The van der Waals surface area contributed by atoms with Crippen molar-refractivity contribution >= 4 is 17.6 Å². The fraction of sp³-hybridized carbons (Fsp3) is 0.150. The Morgan fingerprint density at radius 3 is 2.61 bits per heavy atom. The summed E-state index contributed by atoms with van der Waals surface area (Å²) in [6.07, 6.45) is -2.25. The van der Waals surface area contributed by atoms with Gasteiger partial charge in [0.05, 0.1) is 19.0 Å². The summed E-state index contributed by atoms with van der Waals surface area (Å²) in [7, 11) is 1.37. The minimum absolute atomic E-state index is 0.107. The van der Waals surface area contributed by atoms with Crippen LogP contribution < -0.4 is 19.5 Å². The molecule has 31 heavy (non-hydrogen) atoms. The highest BCUT2D eigenvalue weighted by Crippen LogP contribution is 2.42. The van der Waals surface area contributed by atoms with Gasteiger partial charge in [-0.3, -0.25) is 4.79 Å². The average molecular weight is 431 g/mol. The van der Waals surface area contributed by atoms with Gasteiger partial charge in [0.2, 0.25) is 5.69 Å². The van der Waals surface area contributed by atoms with Crippen molar-refractivity contribution in [3.05, 3.63) is 60.4 Å². The zero-order valence-corrected chi connectivity index (χ0v) is 16.0. The molecule has 1 aliphatic rings. The molecule has 0 atom stereocenters. The SMILES string of the molecule is COc1cn(-c2ccccc2)nc1C(=O)OCC(=O)Nc1ccc2c(c1)OC(F)(F)O2. The van der Waals surface area contributed by atoms with E-state index < -0.39 is 24.8 Å². The van der Waals surface area contributed by atoms with E-state index in [4.69, 9.17) is 9.47 Å². The molecule has 4 rings (SSSR count). The van der Waals surface area contributed by atoms with Crippen molar-refractivity contribution in [3.8, 4) is 22.9 Å². The van der Waals surface area contributed by atoms with Crippen LogP contribution in [0.3, 0.4) is 0 Å². The number of rotatable bonds is 6. The Bertz CT molecular complexity index is 1130. The van der Waals surface area contributed by atoms with Crippen LogP contribution in [0.25, 0.3) is 5.69 Å². The largest absolute Gasteiger partial charge is 0.586 e. The van der Waals surface area contributed by atoms with Gasteiger partial charge < -0.3 is 24.3 Å². The number of anilines is 1. The van der Waals surface area contributed by atoms with Gasteiger partial charge >= 0.3 is 12.3 Å². The van der Waals surface area contributed by atoms with Crippen molar-refractivity contribution in [1.29, 1.82) is 0 Å². The third kappa shape index (κ3) is 4.39. The second-order valence-corrected chi connectivity index (χ2v) is 6.28. The number of ether oxygens (including phenoxy) is 4. The zero-order chi connectivity index (χ0) is 22.0. The van der Waals surface area contributed by atoms with Crippen LogP contribution in [0.5, 0.6) is 17.2 Å². The molecule has 0 bridgehead atoms. The summed E-state index contributed by atoms with van der Waals surface area (Å²) in [6, 6.07) is 12.8. The van der Waals surface area contributed by atoms with Gasteiger partial charge in [-0.2, -0.15) is 5.10 Å². The number of halogens is 2. The molecular formula is C20H15F2N3O6. The van der Waals surface area contributed by atoms with E-state index in [9.17, 15) is 18.4 Å². The molecule has 0 aliphatic carbocycles. The number of aromatic nitrogens is 2. The Labute approximate surface area is 174 Å². The Morgan fingerprint density at radius 2 is 1.87 bits per heavy atom. The first-order valence-electron chi connectivity index (χ1n) is 8.90. The summed E-state index contributed by atoms with van der Waals surface area (Å²) in [5.74, 6) is -1.77. The van der Waals surface area contributed by atoms with E-state index in [0.29, 0.717) is 5.69 Å². The minimum atomic E-state index is -3.76. The number of benzene rings is 2. The maximum Gasteiger partial charge on any atom is 0.586 e. The Morgan fingerprint density at radius 1 is 1.13 bits per heavy atom. The molecule has 0 saturated heterocycles. The van der Waals surface area contributed by atoms with Crippen LogP contribution in [-0.2, 0) is 9.53 Å². The quantitative estimate of drug-likeness (QED) is 0.599. The lowest BCUT2D eigenvalue weighted by Gasteiger charge is -2.07. The summed E-state index contributed by atoms with van der Waals surface area (Å²) in [6.45, 7) is -0.634. The fourth-order valence-corrected chi connectivity index (χ4v) is 2.79. The van der Waals surface area contributed by atoms with Crippen molar-refractivity contribution in [2.45, 2.75) is 6.29 Å². The predicted octanol–water partition coefficient (Wildman–Crippen LogP) is 3.00. The molecule has 11 heteroatoms. The number of fused-ring (bicyclic) bond motifs is 1. The summed E-state index contributed by atoms with van der Waals surface area (Å²) < 4.78 is 46.3. The maximum atomic E-state index is 13.1. The van der Waals surface area contributed by atoms with E-state index in [2.05, 4.69) is 19.9 Å². The number of hydrogen-bond donors (Lipinski definition) is 1. The molecule has 0 saturated carbocycles. The smallest absolute Gasteiger partial charge is 0.493 e. The van der Waals surface area contributed by atoms with E-state index in [1.165, 1.54) is 36.2 Å². The van der Waals surface area contributed by atoms with Gasteiger partial charge in [-0.05, 0) is 24.3 Å². The third-order valence-corrected chi connectivity index (χ3v) is 4.13. The van der Waals surface area contributed by atoms with Gasteiger partial charge in [-0.25, -0.2) is 9.48 Å². The van der Waals surface area contributed by atoms with E-state index in [-0.39, 0.29) is 28.6 Å². The molecule has 1 N–H and O–H groups in total. The van der Waals surface area contributed by atoms with Gasteiger partial charge in [-0.1, -0.05) is 18.2 Å². The summed E-state index contributed by atoms with van der Waals surface area (Å²) in [5.41, 5.74) is 0.752. The van der Waals surface area contributed by atoms with Gasteiger partial charge in [-0.15, -0.1) is 8.78 Å². The lowest BCUT2D eigenvalue weighted by atomic mass is 10.3. The monoisotopic (exact) mass is 431 g/mol. The number of hydrogen-bond acceptors (Lipinski definition) is 7. The van der Waals surface area contributed by atoms with Crippen molar-refractivity contribution in [3.63, 3.8) is 0 Å². The first-order chi connectivity index (χ1) is 14.8. The third-order valence-electron chi connectivity index (χ3n) is 4.13. The van der Waals surface area contributed by atoms with E-state index in [1.54, 1.807) is 12.1 Å². The molecule has 9 nitrogen and oxygen atoms in total. The number of carbonyl (C=O) groups excluding carboxylic acids is 2. The number of amides is 1. The molecule has 0 radical (unpaired) electrons. The number of carbonyl (C=O) groups is 2. The summed E-state index contributed by atoms with van der Waals surface area (Å²) >= 11 is 0. The van der Waals surface area contributed by atoms with E-state index >= 15 is 0 Å². The highest BCUT2D eigenvalue weighted by atomic mass is 19.3. The normalized spacial score (nSPS) is 13.5. The average Bonchev–Trinajstić information content (AvgIpc) is 3.32. The molecule has 2 heterocycles. The molecule has 0 unspecified atom stereocenters. The first-order valence-corrected chi connectivity index (χ1v) is 8.90. The van der Waals surface area contributed by atoms with E-state index in [0.717, 1.165) is 0 Å². The molecule has 2 aromatic carbocycles. The van der Waals surface area contributed by atoms with Crippen molar-refractivity contribution in [2.75, 3.05) is 19.0 Å². The first kappa shape index (κ1) is 20.1. The zero-order valence-electron chi connectivity index (χ0n) is 16.0. The van der Waals surface area contributed by atoms with E-state index in [1.807, 2.05) is 18.2 Å². The predicted molar refractivity (Wildman–Crippen MR) is 102 cm³/mol. The Hall–Kier alpha value is -4.15. The van der Waals surface area contributed by atoms with Gasteiger partial charge in [0.1, 0.15) is 0 Å². The lowest BCUT2D eigenvalue weighted by Crippen LogP contribution is -2.25. The van der Waals surface area contributed by atoms with Crippen LogP contribution in [0, 0.1) is 0 Å². The second kappa shape index (κ2) is 7.94. The van der Waals surface area contributed by atoms with Crippen LogP contribution in [0.15, 0.2) is 54.7 Å². The topological polar surface area (TPSA) is 101 Å². The van der Waals surface area contributed by atoms with Gasteiger partial charge in [0.25, 0.3) is 5.91 Å². The molecule has 1 aromatic heterocycles. The highest BCUT2D eigenvalue weighted by molar-refractivity contribution is 5.96. The maximum absolute atomic E-state index is 13.1. The number of para-hydroxylation sites is 1. The number of nitrogens with zero attached hydrogens (tertiary/aromatic N) is 2. The van der Waals surface area contributed by atoms with Crippen molar-refractivity contribution in [1.82, 2.24) is 9.78 Å². The van der Waals surface area contributed by atoms with Crippen LogP contribution in [-0.4, -0.2) is 41.7 Å². The fourth-order valence-electron chi connectivity index (χ4n) is 2.79. The highest BCUT2D eigenvalue weighted by Gasteiger charge is 2.43. The second-order valence-electron chi connectivity index (χ2n) is 6.28. The van der Waals surface area contributed by atoms with Crippen LogP contribution in [0.2, 0.25) is 0 Å². The van der Waals surface area contributed by atoms with Crippen molar-refractivity contribution in [2.24, 2.45) is 0 Å². The molecule has 160 valence electrons. The minimum Gasteiger partial charge on any atom is -0.493 e. The molecule has 1 amide bonds. The van der Waals surface area contributed by atoms with Crippen molar-refractivity contribution < 1.29 is 37.3 Å². The molecular weight excluding hydrogens is 416 g/mol. The number of methoxy groups -OCH3 is 1. The molecule has 0 spiro atoms. The lowest BCUT2D eigenvalue weighted by molar-refractivity contribution is -0.286. The Balaban J connectivity index is 1.38. The number of nitrogens with one attached hydrogen (secondary N) is 1. The molecule has 1 aliphatic heterocycles. The van der Waals surface area contributed by atoms with Gasteiger partial charge in [0, 0.05) is 11.8 Å². The Kier molecular flexibility index (Phi) is 5.15. The molecule has 0 fully saturated rings. The molecule has 3 aromatic rings. The van der Waals surface area contributed by atoms with Gasteiger partial charge in [0.15, 0.2) is 23.9 Å². The van der Waals surface area contributed by atoms with Crippen LogP contribution in [0.4, 0.5) is 14.5 Å².